The van der Waals surface area contributed by atoms with Crippen LogP contribution in [0.15, 0.2) is 22.0 Å². The number of imidazole rings is 1. The van der Waals surface area contributed by atoms with Crippen LogP contribution in [-0.4, -0.2) is 49.5 Å². The smallest absolute Gasteiger partial charge is 0.287 e. The number of carbonyl (C=O) groups excluding carboxylic acids is 2. The molecule has 29 heavy (non-hydrogen) atoms. The second-order valence-electron chi connectivity index (χ2n) is 6.94. The monoisotopic (exact) mass is 414 g/mol. The van der Waals surface area contributed by atoms with Gasteiger partial charge in [0.15, 0.2) is 11.6 Å². The van der Waals surface area contributed by atoms with E-state index in [0.717, 1.165) is 16.3 Å². The van der Waals surface area contributed by atoms with Crippen molar-refractivity contribution in [2.45, 2.75) is 32.7 Å². The van der Waals surface area contributed by atoms with Crippen molar-refractivity contribution in [1.82, 2.24) is 29.9 Å². The zero-order valence-electron chi connectivity index (χ0n) is 16.3. The third-order valence-electron chi connectivity index (χ3n) is 4.96. The summed E-state index contributed by atoms with van der Waals surface area (Å²) in [6, 6.07) is 3.95. The van der Waals surface area contributed by atoms with E-state index in [1.807, 2.05) is 29.1 Å². The van der Waals surface area contributed by atoms with E-state index in [1.54, 1.807) is 23.2 Å². The maximum absolute atomic E-state index is 12.6. The first kappa shape index (κ1) is 19.3. The number of amides is 2. The van der Waals surface area contributed by atoms with E-state index in [9.17, 15) is 9.59 Å². The minimum Gasteiger partial charge on any atom is -0.344 e. The van der Waals surface area contributed by atoms with Gasteiger partial charge in [0.25, 0.3) is 5.91 Å². The summed E-state index contributed by atoms with van der Waals surface area (Å²) in [6.45, 7) is 3.33. The zero-order chi connectivity index (χ0) is 20.4. The lowest BCUT2D eigenvalue weighted by molar-refractivity contribution is -0.130. The van der Waals surface area contributed by atoms with E-state index in [1.165, 1.54) is 0 Å². The molecule has 4 rings (SSSR count). The Labute approximate surface area is 171 Å². The Morgan fingerprint density at radius 2 is 2.10 bits per heavy atom. The van der Waals surface area contributed by atoms with Crippen LogP contribution < -0.4 is 5.32 Å². The molecular formula is C19H22N6O3S. The number of nitrogens with one attached hydrogen (secondary N) is 1. The van der Waals surface area contributed by atoms with Gasteiger partial charge in [-0.3, -0.25) is 9.59 Å². The van der Waals surface area contributed by atoms with Gasteiger partial charge in [-0.15, -0.1) is 11.3 Å². The molecule has 9 nitrogen and oxygen atoms in total. The Hall–Kier alpha value is -3.01. The summed E-state index contributed by atoms with van der Waals surface area (Å²) >= 11 is 1.60. The Morgan fingerprint density at radius 3 is 2.83 bits per heavy atom. The number of thiophene rings is 1. The van der Waals surface area contributed by atoms with Gasteiger partial charge in [-0.05, 0) is 18.4 Å². The number of fused-ring (bicyclic) bond motifs is 1. The molecule has 0 aromatic carbocycles. The summed E-state index contributed by atoms with van der Waals surface area (Å²) < 4.78 is 6.89. The standard InChI is InChI=1S/C19H22N6O3S/c1-12-21-16(28-23-12)10-17(26)25-7-5-14-15(6-8-25)24(2)18(22-14)19(27)20-11-13-4-3-9-29-13/h3-4,9H,5-8,10-11H2,1-2H3,(H,20,27). The molecule has 10 heteroatoms. The van der Waals surface area contributed by atoms with E-state index in [0.29, 0.717) is 50.0 Å². The van der Waals surface area contributed by atoms with Crippen LogP contribution in [0.25, 0.3) is 0 Å². The third kappa shape index (κ3) is 4.21. The molecule has 0 aliphatic carbocycles. The molecule has 0 spiro atoms. The van der Waals surface area contributed by atoms with Gasteiger partial charge in [-0.1, -0.05) is 11.2 Å². The van der Waals surface area contributed by atoms with E-state index >= 15 is 0 Å². The van der Waals surface area contributed by atoms with Crippen molar-refractivity contribution in [3.05, 3.63) is 51.3 Å². The minimum absolute atomic E-state index is 0.0460. The van der Waals surface area contributed by atoms with Crippen molar-refractivity contribution in [2.24, 2.45) is 7.05 Å². The molecule has 0 bridgehead atoms. The highest BCUT2D eigenvalue weighted by atomic mass is 32.1. The number of hydrogen-bond donors (Lipinski definition) is 1. The number of hydrogen-bond acceptors (Lipinski definition) is 7. The van der Waals surface area contributed by atoms with Gasteiger partial charge < -0.3 is 19.3 Å². The Morgan fingerprint density at radius 1 is 1.28 bits per heavy atom. The topological polar surface area (TPSA) is 106 Å². The number of aryl methyl sites for hydroxylation is 1. The second-order valence-corrected chi connectivity index (χ2v) is 7.97. The van der Waals surface area contributed by atoms with Crippen molar-refractivity contribution in [3.8, 4) is 0 Å². The average Bonchev–Trinajstić information content (AvgIpc) is 3.39. The fourth-order valence-electron chi connectivity index (χ4n) is 3.46. The molecule has 0 radical (unpaired) electrons. The van der Waals surface area contributed by atoms with Gasteiger partial charge in [0, 0.05) is 43.5 Å². The molecule has 3 aromatic heterocycles. The number of nitrogens with zero attached hydrogens (tertiary/aromatic N) is 5. The lowest BCUT2D eigenvalue weighted by Crippen LogP contribution is -2.35. The first-order valence-electron chi connectivity index (χ1n) is 9.43. The Bertz CT molecular complexity index is 1020. The van der Waals surface area contributed by atoms with Crippen LogP contribution in [0.3, 0.4) is 0 Å². The predicted octanol–water partition coefficient (Wildman–Crippen LogP) is 1.27. The summed E-state index contributed by atoms with van der Waals surface area (Å²) in [5.41, 5.74) is 1.87. The molecule has 1 aliphatic rings. The van der Waals surface area contributed by atoms with Crippen molar-refractivity contribution in [3.63, 3.8) is 0 Å². The van der Waals surface area contributed by atoms with Crippen molar-refractivity contribution in [2.75, 3.05) is 13.1 Å². The largest absolute Gasteiger partial charge is 0.344 e. The number of rotatable bonds is 5. The quantitative estimate of drug-likeness (QED) is 0.674. The van der Waals surface area contributed by atoms with Crippen LogP contribution in [0.2, 0.25) is 0 Å². The molecule has 152 valence electrons. The Kier molecular flexibility index (Phi) is 5.43. The third-order valence-corrected chi connectivity index (χ3v) is 5.84. The first-order chi connectivity index (χ1) is 14.0. The van der Waals surface area contributed by atoms with E-state index in [-0.39, 0.29) is 18.2 Å². The van der Waals surface area contributed by atoms with Gasteiger partial charge in [0.2, 0.25) is 11.8 Å². The summed E-state index contributed by atoms with van der Waals surface area (Å²) in [4.78, 5) is 36.7. The summed E-state index contributed by atoms with van der Waals surface area (Å²) in [5.74, 6) is 1.03. The highest BCUT2D eigenvalue weighted by Gasteiger charge is 2.26. The van der Waals surface area contributed by atoms with Crippen LogP contribution in [0, 0.1) is 6.92 Å². The van der Waals surface area contributed by atoms with Crippen molar-refractivity contribution >= 4 is 23.2 Å². The molecule has 2 amide bonds. The number of carbonyl (C=O) groups is 2. The van der Waals surface area contributed by atoms with Crippen LogP contribution in [-0.2, 0) is 37.6 Å². The molecular weight excluding hydrogens is 392 g/mol. The Balaban J connectivity index is 1.39. The van der Waals surface area contributed by atoms with Gasteiger partial charge in [0.1, 0.15) is 6.42 Å². The van der Waals surface area contributed by atoms with Crippen molar-refractivity contribution in [1.29, 1.82) is 0 Å². The van der Waals surface area contributed by atoms with E-state index in [4.69, 9.17) is 4.52 Å². The minimum atomic E-state index is -0.186. The van der Waals surface area contributed by atoms with Gasteiger partial charge in [-0.2, -0.15) is 4.98 Å². The first-order valence-corrected chi connectivity index (χ1v) is 10.3. The molecule has 0 fully saturated rings. The molecule has 4 heterocycles. The van der Waals surface area contributed by atoms with Crippen LogP contribution in [0.4, 0.5) is 0 Å². The maximum atomic E-state index is 12.6. The lowest BCUT2D eigenvalue weighted by Gasteiger charge is -2.19. The van der Waals surface area contributed by atoms with E-state index in [2.05, 4.69) is 20.4 Å². The van der Waals surface area contributed by atoms with Crippen LogP contribution >= 0.6 is 11.3 Å². The summed E-state index contributed by atoms with van der Waals surface area (Å²) in [7, 11) is 1.85. The van der Waals surface area contributed by atoms with Gasteiger partial charge >= 0.3 is 0 Å². The predicted molar refractivity (Wildman–Crippen MR) is 105 cm³/mol. The van der Waals surface area contributed by atoms with Crippen LogP contribution in [0.1, 0.15) is 38.6 Å². The van der Waals surface area contributed by atoms with Crippen LogP contribution in [0.5, 0.6) is 0 Å². The number of aromatic nitrogens is 4. The molecule has 0 atom stereocenters. The summed E-state index contributed by atoms with van der Waals surface area (Å²) in [5, 5.41) is 8.63. The zero-order valence-corrected chi connectivity index (χ0v) is 17.2. The van der Waals surface area contributed by atoms with Gasteiger partial charge in [0.05, 0.1) is 12.2 Å². The average molecular weight is 414 g/mol. The summed E-state index contributed by atoms with van der Waals surface area (Å²) in [6.07, 6.45) is 1.35. The molecule has 3 aromatic rings. The molecule has 1 N–H and O–H groups in total. The van der Waals surface area contributed by atoms with Gasteiger partial charge in [-0.25, -0.2) is 4.98 Å². The molecule has 0 saturated carbocycles. The molecule has 0 unspecified atom stereocenters. The fraction of sp³-hybridized carbons (Fsp3) is 0.421. The molecule has 1 aliphatic heterocycles. The normalized spacial score (nSPS) is 13.8. The second kappa shape index (κ2) is 8.16. The SMILES string of the molecule is Cc1noc(CC(=O)N2CCc3nc(C(=O)NCc4cccs4)n(C)c3CC2)n1. The highest BCUT2D eigenvalue weighted by Crippen LogP contribution is 2.18. The molecule has 0 saturated heterocycles. The maximum Gasteiger partial charge on any atom is 0.287 e. The van der Waals surface area contributed by atoms with E-state index < -0.39 is 0 Å². The fourth-order valence-corrected chi connectivity index (χ4v) is 4.10. The highest BCUT2D eigenvalue weighted by molar-refractivity contribution is 7.09. The van der Waals surface area contributed by atoms with Crippen molar-refractivity contribution < 1.29 is 14.1 Å². The lowest BCUT2D eigenvalue weighted by atomic mass is 10.2.